The van der Waals surface area contributed by atoms with Crippen molar-refractivity contribution in [2.45, 2.75) is 24.3 Å². The number of amides is 1. The van der Waals surface area contributed by atoms with Crippen molar-refractivity contribution < 1.29 is 18.3 Å². The van der Waals surface area contributed by atoms with Crippen molar-refractivity contribution in [3.8, 4) is 0 Å². The number of hydrogen-bond donors (Lipinski definition) is 3. The normalized spacial score (nSPS) is 14.1. The monoisotopic (exact) mass is 326 g/mol. The first-order valence-corrected chi connectivity index (χ1v) is 8.46. The fraction of sp³-hybridized carbons (Fsp3) is 0.400. The number of benzene rings is 1. The molecule has 7 heteroatoms. The van der Waals surface area contributed by atoms with Gasteiger partial charge in [0, 0.05) is 19.1 Å². The Morgan fingerprint density at radius 3 is 2.55 bits per heavy atom. The average molecular weight is 326 g/mol. The van der Waals surface area contributed by atoms with Gasteiger partial charge in [-0.3, -0.25) is 4.79 Å². The minimum absolute atomic E-state index is 0.0730. The lowest BCUT2D eigenvalue weighted by molar-refractivity contribution is -0.122. The quantitative estimate of drug-likeness (QED) is 0.581. The zero-order chi connectivity index (χ0) is 16.6. The lowest BCUT2D eigenvalue weighted by atomic mass is 10.1. The molecule has 1 aromatic rings. The van der Waals surface area contributed by atoms with E-state index < -0.39 is 22.0 Å². The Morgan fingerprint density at radius 1 is 1.36 bits per heavy atom. The van der Waals surface area contributed by atoms with Crippen molar-refractivity contribution >= 4 is 15.9 Å². The molecule has 122 valence electrons. The largest absolute Gasteiger partial charge is 0.396 e. The molecule has 1 amide bonds. The Hall–Kier alpha value is -1.70. The third kappa shape index (κ3) is 5.59. The summed E-state index contributed by atoms with van der Waals surface area (Å²) in [5.41, 5.74) is 0. The van der Waals surface area contributed by atoms with Crippen molar-refractivity contribution in [2.24, 2.45) is 5.92 Å². The molecule has 1 rings (SSSR count). The van der Waals surface area contributed by atoms with Crippen molar-refractivity contribution in [3.63, 3.8) is 0 Å². The van der Waals surface area contributed by atoms with Crippen LogP contribution in [0.3, 0.4) is 0 Å². The van der Waals surface area contributed by atoms with Crippen LogP contribution in [0.25, 0.3) is 0 Å². The summed E-state index contributed by atoms with van der Waals surface area (Å²) in [6.45, 7) is 5.24. The van der Waals surface area contributed by atoms with E-state index in [0.29, 0.717) is 6.42 Å². The van der Waals surface area contributed by atoms with Crippen LogP contribution in [0, 0.1) is 5.92 Å². The van der Waals surface area contributed by atoms with E-state index in [1.807, 2.05) is 0 Å². The highest BCUT2D eigenvalue weighted by atomic mass is 32.2. The Balaban J connectivity index is 2.59. The van der Waals surface area contributed by atoms with Crippen molar-refractivity contribution in [2.75, 3.05) is 13.2 Å². The van der Waals surface area contributed by atoms with Crippen LogP contribution in [-0.4, -0.2) is 38.6 Å². The molecule has 0 saturated heterocycles. The van der Waals surface area contributed by atoms with E-state index in [4.69, 9.17) is 5.11 Å². The summed E-state index contributed by atoms with van der Waals surface area (Å²) in [6.07, 6.45) is 2.23. The molecular weight excluding hydrogens is 304 g/mol. The molecule has 3 N–H and O–H groups in total. The minimum atomic E-state index is -3.74. The van der Waals surface area contributed by atoms with Gasteiger partial charge in [0.15, 0.2) is 0 Å². The SMILES string of the molecule is C=CC[C@H](CO)CNC(=O)[C@H](C)NS(=O)(=O)c1ccccc1. The zero-order valence-corrected chi connectivity index (χ0v) is 13.3. The van der Waals surface area contributed by atoms with Gasteiger partial charge in [0.25, 0.3) is 0 Å². The molecule has 0 aromatic heterocycles. The summed E-state index contributed by atoms with van der Waals surface area (Å²) in [4.78, 5) is 12.0. The predicted molar refractivity (Wildman–Crippen MR) is 84.6 cm³/mol. The molecule has 2 atom stereocenters. The standard InChI is InChI=1S/C15H22N2O4S/c1-3-7-13(11-18)10-16-15(19)12(2)17-22(20,21)14-8-5-4-6-9-14/h3-6,8-9,12-13,17-18H,1,7,10-11H2,2H3,(H,16,19)/t12-,13-/m0/s1. The Kier molecular flexibility index (Phi) is 7.23. The number of rotatable bonds is 9. The first-order chi connectivity index (χ1) is 10.4. The fourth-order valence-electron chi connectivity index (χ4n) is 1.81. The molecule has 0 spiro atoms. The molecule has 0 saturated carbocycles. The molecule has 0 bridgehead atoms. The molecule has 0 aliphatic rings. The summed E-state index contributed by atoms with van der Waals surface area (Å²) in [6, 6.07) is 6.94. The third-order valence-electron chi connectivity index (χ3n) is 3.10. The van der Waals surface area contributed by atoms with Crippen molar-refractivity contribution in [1.29, 1.82) is 0 Å². The number of carbonyl (C=O) groups is 1. The van der Waals surface area contributed by atoms with Gasteiger partial charge in [-0.25, -0.2) is 8.42 Å². The molecule has 0 radical (unpaired) electrons. The second-order valence-corrected chi connectivity index (χ2v) is 6.69. The number of aliphatic hydroxyl groups excluding tert-OH is 1. The lowest BCUT2D eigenvalue weighted by Gasteiger charge is -2.17. The molecule has 0 unspecified atom stereocenters. The number of allylic oxidation sites excluding steroid dienone is 1. The highest BCUT2D eigenvalue weighted by molar-refractivity contribution is 7.89. The Bertz CT molecular complexity index is 587. The first-order valence-electron chi connectivity index (χ1n) is 6.97. The summed E-state index contributed by atoms with van der Waals surface area (Å²) < 4.78 is 26.5. The molecule has 0 heterocycles. The van der Waals surface area contributed by atoms with Gasteiger partial charge in [0.2, 0.25) is 15.9 Å². The van der Waals surface area contributed by atoms with Crippen LogP contribution in [0.4, 0.5) is 0 Å². The summed E-state index contributed by atoms with van der Waals surface area (Å²) in [5, 5.41) is 11.8. The van der Waals surface area contributed by atoms with Gasteiger partial charge in [-0.15, -0.1) is 6.58 Å². The summed E-state index contributed by atoms with van der Waals surface area (Å²) >= 11 is 0. The maximum atomic E-state index is 12.1. The van der Waals surface area contributed by atoms with Crippen LogP contribution in [-0.2, 0) is 14.8 Å². The fourth-order valence-corrected chi connectivity index (χ4v) is 3.03. The molecule has 1 aromatic carbocycles. The molecule has 0 aliphatic heterocycles. The van der Waals surface area contributed by atoms with Gasteiger partial charge in [-0.2, -0.15) is 4.72 Å². The van der Waals surface area contributed by atoms with E-state index in [9.17, 15) is 13.2 Å². The van der Waals surface area contributed by atoms with Crippen molar-refractivity contribution in [3.05, 3.63) is 43.0 Å². The number of sulfonamides is 1. The van der Waals surface area contributed by atoms with Crippen LogP contribution in [0.2, 0.25) is 0 Å². The first kappa shape index (κ1) is 18.3. The van der Waals surface area contributed by atoms with Crippen LogP contribution in [0.1, 0.15) is 13.3 Å². The van der Waals surface area contributed by atoms with Crippen LogP contribution in [0.5, 0.6) is 0 Å². The van der Waals surface area contributed by atoms with Gasteiger partial charge >= 0.3 is 0 Å². The molecule has 22 heavy (non-hydrogen) atoms. The molecule has 6 nitrogen and oxygen atoms in total. The summed E-state index contributed by atoms with van der Waals surface area (Å²) in [7, 11) is -3.74. The lowest BCUT2D eigenvalue weighted by Crippen LogP contribution is -2.46. The van der Waals surface area contributed by atoms with E-state index in [0.717, 1.165) is 0 Å². The number of hydrogen-bond acceptors (Lipinski definition) is 4. The van der Waals surface area contributed by atoms with Crippen LogP contribution in [0.15, 0.2) is 47.9 Å². The average Bonchev–Trinajstić information content (AvgIpc) is 2.51. The highest BCUT2D eigenvalue weighted by Crippen LogP contribution is 2.08. The summed E-state index contributed by atoms with van der Waals surface area (Å²) in [5.74, 6) is -0.568. The number of carbonyl (C=O) groups excluding carboxylic acids is 1. The topological polar surface area (TPSA) is 95.5 Å². The second kappa shape index (κ2) is 8.67. The van der Waals surface area contributed by atoms with Gasteiger partial charge in [0.1, 0.15) is 0 Å². The predicted octanol–water partition coefficient (Wildman–Crippen LogP) is 0.654. The molecule has 0 aliphatic carbocycles. The van der Waals surface area contributed by atoms with Crippen molar-refractivity contribution in [1.82, 2.24) is 10.0 Å². The highest BCUT2D eigenvalue weighted by Gasteiger charge is 2.22. The Labute approximate surface area is 131 Å². The van der Waals surface area contributed by atoms with E-state index in [-0.39, 0.29) is 24.0 Å². The maximum Gasteiger partial charge on any atom is 0.241 e. The van der Waals surface area contributed by atoms with Gasteiger partial charge in [0.05, 0.1) is 10.9 Å². The minimum Gasteiger partial charge on any atom is -0.396 e. The second-order valence-electron chi connectivity index (χ2n) is 4.97. The van der Waals surface area contributed by atoms with Crippen LogP contribution >= 0.6 is 0 Å². The molecular formula is C15H22N2O4S. The van der Waals surface area contributed by atoms with Gasteiger partial charge in [-0.05, 0) is 25.5 Å². The van der Waals surface area contributed by atoms with E-state index in [2.05, 4.69) is 16.6 Å². The van der Waals surface area contributed by atoms with E-state index in [1.165, 1.54) is 19.1 Å². The maximum absolute atomic E-state index is 12.1. The zero-order valence-electron chi connectivity index (χ0n) is 12.5. The number of aliphatic hydroxyl groups is 1. The smallest absolute Gasteiger partial charge is 0.241 e. The van der Waals surface area contributed by atoms with Crippen LogP contribution < -0.4 is 10.0 Å². The van der Waals surface area contributed by atoms with Gasteiger partial charge in [-0.1, -0.05) is 24.3 Å². The molecule has 0 fully saturated rings. The van der Waals surface area contributed by atoms with Gasteiger partial charge < -0.3 is 10.4 Å². The van der Waals surface area contributed by atoms with E-state index >= 15 is 0 Å². The van der Waals surface area contributed by atoms with E-state index in [1.54, 1.807) is 24.3 Å². The Morgan fingerprint density at radius 2 is 2.00 bits per heavy atom. The third-order valence-corrected chi connectivity index (χ3v) is 4.66. The number of nitrogens with one attached hydrogen (secondary N) is 2.